The summed E-state index contributed by atoms with van der Waals surface area (Å²) in [5.74, 6) is -0.487. The topological polar surface area (TPSA) is 63.4 Å². The van der Waals surface area contributed by atoms with Crippen molar-refractivity contribution in [2.24, 2.45) is 5.73 Å². The van der Waals surface area contributed by atoms with Crippen LogP contribution < -0.4 is 5.73 Å². The quantitative estimate of drug-likeness (QED) is 0.835. The number of thiocarbonyl (C=S) groups is 1. The number of rotatable bonds is 5. The Labute approximate surface area is 112 Å². The molecule has 100 valence electrons. The maximum Gasteiger partial charge on any atom is 0.243 e. The van der Waals surface area contributed by atoms with Gasteiger partial charge in [0.15, 0.2) is 0 Å². The largest absolute Gasteiger partial charge is 0.392 e. The zero-order valence-electron chi connectivity index (χ0n) is 10.1. The van der Waals surface area contributed by atoms with Crippen LogP contribution in [0.1, 0.15) is 13.8 Å². The van der Waals surface area contributed by atoms with E-state index in [1.807, 2.05) is 0 Å². The van der Waals surface area contributed by atoms with Crippen LogP contribution in [0.4, 0.5) is 4.39 Å². The fourth-order valence-electron chi connectivity index (χ4n) is 1.44. The average Bonchev–Trinajstić information content (AvgIpc) is 2.25. The molecule has 2 N–H and O–H groups in total. The van der Waals surface area contributed by atoms with Crippen LogP contribution in [-0.2, 0) is 10.0 Å². The van der Waals surface area contributed by atoms with E-state index in [4.69, 9.17) is 18.0 Å². The van der Waals surface area contributed by atoms with Crippen molar-refractivity contribution >= 4 is 27.2 Å². The smallest absolute Gasteiger partial charge is 0.243 e. The Bertz CT molecular complexity index is 526. The number of halogens is 1. The molecule has 0 aliphatic carbocycles. The molecule has 1 aromatic rings. The van der Waals surface area contributed by atoms with Gasteiger partial charge in [-0.25, -0.2) is 12.8 Å². The molecule has 0 radical (unpaired) electrons. The Kier molecular flexibility index (Phi) is 4.78. The Balaban J connectivity index is 3.16. The first-order valence-electron chi connectivity index (χ1n) is 5.31. The standard InChI is InChI=1S/C11H15FN2O2S2/c1-8(2)14(7-11(13)17)18(15,16)10-5-3-9(12)4-6-10/h3-6,8H,7H2,1-2H3,(H2,13,17). The molecule has 0 aromatic heterocycles. The number of sulfonamides is 1. The van der Waals surface area contributed by atoms with Gasteiger partial charge in [-0.2, -0.15) is 4.31 Å². The molecule has 1 aromatic carbocycles. The first kappa shape index (κ1) is 15.0. The maximum atomic E-state index is 12.8. The second-order valence-electron chi connectivity index (χ2n) is 4.06. The van der Waals surface area contributed by atoms with E-state index in [9.17, 15) is 12.8 Å². The number of nitrogens with two attached hydrogens (primary N) is 1. The average molecular weight is 290 g/mol. The van der Waals surface area contributed by atoms with E-state index in [0.717, 1.165) is 12.1 Å². The van der Waals surface area contributed by atoms with Gasteiger partial charge in [0.1, 0.15) is 5.82 Å². The van der Waals surface area contributed by atoms with Gasteiger partial charge in [-0.3, -0.25) is 0 Å². The van der Waals surface area contributed by atoms with Crippen LogP contribution in [-0.4, -0.2) is 30.3 Å². The van der Waals surface area contributed by atoms with E-state index >= 15 is 0 Å². The summed E-state index contributed by atoms with van der Waals surface area (Å²) in [6.45, 7) is 3.41. The van der Waals surface area contributed by atoms with E-state index in [1.165, 1.54) is 16.4 Å². The number of nitrogens with zero attached hydrogens (tertiary/aromatic N) is 1. The second-order valence-corrected chi connectivity index (χ2v) is 6.48. The summed E-state index contributed by atoms with van der Waals surface area (Å²) in [5, 5.41) is 0. The predicted molar refractivity (Wildman–Crippen MR) is 72.2 cm³/mol. The fraction of sp³-hybridized carbons (Fsp3) is 0.364. The summed E-state index contributed by atoms with van der Waals surface area (Å²) in [6, 6.07) is 4.36. The number of hydrogen-bond donors (Lipinski definition) is 1. The summed E-state index contributed by atoms with van der Waals surface area (Å²) in [5.41, 5.74) is 5.40. The van der Waals surface area contributed by atoms with Gasteiger partial charge < -0.3 is 5.73 Å². The fourth-order valence-corrected chi connectivity index (χ4v) is 3.28. The van der Waals surface area contributed by atoms with Crippen LogP contribution in [0, 0.1) is 5.82 Å². The minimum absolute atomic E-state index is 0.0221. The summed E-state index contributed by atoms with van der Waals surface area (Å²) in [4.78, 5) is 0.114. The van der Waals surface area contributed by atoms with Crippen molar-refractivity contribution in [1.29, 1.82) is 0 Å². The van der Waals surface area contributed by atoms with Crippen LogP contribution in [0.5, 0.6) is 0 Å². The van der Waals surface area contributed by atoms with Gasteiger partial charge in [0.2, 0.25) is 10.0 Å². The lowest BCUT2D eigenvalue weighted by Crippen LogP contribution is -2.42. The Hall–Kier alpha value is -1.05. The van der Waals surface area contributed by atoms with E-state index in [0.29, 0.717) is 0 Å². The van der Waals surface area contributed by atoms with E-state index < -0.39 is 15.8 Å². The van der Waals surface area contributed by atoms with Gasteiger partial charge in [-0.05, 0) is 38.1 Å². The van der Waals surface area contributed by atoms with Gasteiger partial charge in [0.05, 0.1) is 16.4 Å². The second kappa shape index (κ2) is 5.73. The van der Waals surface area contributed by atoms with Crippen molar-refractivity contribution in [3.8, 4) is 0 Å². The molecule has 0 unspecified atom stereocenters. The molecule has 1 rings (SSSR count). The summed E-state index contributed by atoms with van der Waals surface area (Å²) in [6.07, 6.45) is 0. The molecule has 0 fully saturated rings. The van der Waals surface area contributed by atoms with Crippen LogP contribution in [0.15, 0.2) is 29.2 Å². The highest BCUT2D eigenvalue weighted by Crippen LogP contribution is 2.18. The van der Waals surface area contributed by atoms with Crippen LogP contribution in [0.3, 0.4) is 0 Å². The summed E-state index contributed by atoms with van der Waals surface area (Å²) < 4.78 is 38.6. The Morgan fingerprint density at radius 2 is 1.89 bits per heavy atom. The van der Waals surface area contributed by atoms with Crippen molar-refractivity contribution < 1.29 is 12.8 Å². The maximum absolute atomic E-state index is 12.8. The normalized spacial score (nSPS) is 12.1. The highest BCUT2D eigenvalue weighted by atomic mass is 32.2. The summed E-state index contributed by atoms with van der Waals surface area (Å²) in [7, 11) is -3.71. The van der Waals surface area contributed by atoms with Crippen molar-refractivity contribution in [1.82, 2.24) is 4.31 Å². The minimum Gasteiger partial charge on any atom is -0.392 e. The van der Waals surface area contributed by atoms with Crippen LogP contribution >= 0.6 is 12.2 Å². The third kappa shape index (κ3) is 3.47. The molecule has 0 amide bonds. The first-order chi connectivity index (χ1) is 8.25. The third-order valence-corrected chi connectivity index (χ3v) is 4.47. The monoisotopic (exact) mass is 290 g/mol. The lowest BCUT2D eigenvalue weighted by atomic mass is 10.4. The molecule has 0 heterocycles. The minimum atomic E-state index is -3.71. The van der Waals surface area contributed by atoms with Gasteiger partial charge >= 0.3 is 0 Å². The lowest BCUT2D eigenvalue weighted by Gasteiger charge is -2.25. The van der Waals surface area contributed by atoms with E-state index in [-0.39, 0.29) is 22.5 Å². The molecule has 4 nitrogen and oxygen atoms in total. The van der Waals surface area contributed by atoms with Crippen LogP contribution in [0.25, 0.3) is 0 Å². The van der Waals surface area contributed by atoms with Gasteiger partial charge in [-0.15, -0.1) is 0 Å². The van der Waals surface area contributed by atoms with E-state index in [1.54, 1.807) is 13.8 Å². The lowest BCUT2D eigenvalue weighted by molar-refractivity contribution is 0.391. The predicted octanol–water partition coefficient (Wildman–Crippen LogP) is 1.51. The molecular weight excluding hydrogens is 275 g/mol. The van der Waals surface area contributed by atoms with Crippen molar-refractivity contribution in [3.05, 3.63) is 30.1 Å². The molecule has 7 heteroatoms. The zero-order valence-corrected chi connectivity index (χ0v) is 11.8. The van der Waals surface area contributed by atoms with E-state index in [2.05, 4.69) is 0 Å². The highest BCUT2D eigenvalue weighted by molar-refractivity contribution is 7.89. The van der Waals surface area contributed by atoms with Gasteiger partial charge in [-0.1, -0.05) is 12.2 Å². The van der Waals surface area contributed by atoms with Crippen molar-refractivity contribution in [2.45, 2.75) is 24.8 Å². The molecule has 0 spiro atoms. The SMILES string of the molecule is CC(C)N(CC(N)=S)S(=O)(=O)c1ccc(F)cc1. The Morgan fingerprint density at radius 3 is 2.28 bits per heavy atom. The summed E-state index contributed by atoms with van der Waals surface area (Å²) >= 11 is 4.74. The van der Waals surface area contributed by atoms with Gasteiger partial charge in [0, 0.05) is 6.04 Å². The molecule has 0 bridgehead atoms. The molecule has 0 saturated heterocycles. The molecule has 0 atom stereocenters. The highest BCUT2D eigenvalue weighted by Gasteiger charge is 2.27. The first-order valence-corrected chi connectivity index (χ1v) is 7.15. The molecule has 0 aliphatic rings. The molecule has 0 aliphatic heterocycles. The van der Waals surface area contributed by atoms with Crippen molar-refractivity contribution in [2.75, 3.05) is 6.54 Å². The molecule has 18 heavy (non-hydrogen) atoms. The molecular formula is C11H15FN2O2S2. The van der Waals surface area contributed by atoms with Crippen molar-refractivity contribution in [3.63, 3.8) is 0 Å². The number of benzene rings is 1. The van der Waals surface area contributed by atoms with Crippen LogP contribution in [0.2, 0.25) is 0 Å². The Morgan fingerprint density at radius 1 is 1.39 bits per heavy atom. The zero-order chi connectivity index (χ0) is 13.9. The number of hydrogen-bond acceptors (Lipinski definition) is 3. The molecule has 0 saturated carbocycles. The third-order valence-electron chi connectivity index (χ3n) is 2.31. The van der Waals surface area contributed by atoms with Gasteiger partial charge in [0.25, 0.3) is 0 Å².